The van der Waals surface area contributed by atoms with Gasteiger partial charge in [-0.2, -0.15) is 13.2 Å². The van der Waals surface area contributed by atoms with Gasteiger partial charge in [-0.3, -0.25) is 0 Å². The molecule has 196 valence electrons. The summed E-state index contributed by atoms with van der Waals surface area (Å²) in [6.07, 6.45) is -1.28. The van der Waals surface area contributed by atoms with Crippen LogP contribution in [-0.4, -0.2) is 65.9 Å². The third-order valence-electron chi connectivity index (χ3n) is 6.22. The summed E-state index contributed by atoms with van der Waals surface area (Å²) in [5.74, 6) is 0. The van der Waals surface area contributed by atoms with Gasteiger partial charge in [-0.05, 0) is 57.4 Å². The smallest absolute Gasteiger partial charge is 0.416 e. The van der Waals surface area contributed by atoms with E-state index < -0.39 is 17.3 Å². The van der Waals surface area contributed by atoms with Crippen LogP contribution in [0.25, 0.3) is 0 Å². The third-order valence-corrected chi connectivity index (χ3v) is 6.22. The van der Waals surface area contributed by atoms with Crippen molar-refractivity contribution in [1.29, 1.82) is 0 Å². The third kappa shape index (κ3) is 5.76. The molecule has 2 aromatic rings. The number of piperazine rings is 1. The quantitative estimate of drug-likeness (QED) is 0.603. The lowest BCUT2D eigenvalue weighted by atomic mass is 9.91. The molecule has 11 heteroatoms. The van der Waals surface area contributed by atoms with E-state index in [0.717, 1.165) is 11.4 Å². The Morgan fingerprint density at radius 3 is 2.22 bits per heavy atom. The van der Waals surface area contributed by atoms with E-state index in [1.54, 1.807) is 23.4 Å². The average molecular weight is 508 g/mol. The molecule has 8 nitrogen and oxygen atoms in total. The topological polar surface area (TPSA) is 71.0 Å². The van der Waals surface area contributed by atoms with Crippen LogP contribution >= 0.6 is 0 Å². The number of rotatable bonds is 4. The molecular weight excluding hydrogens is 475 g/mol. The molecule has 2 aliphatic rings. The Hall–Kier alpha value is -3.24. The van der Waals surface area contributed by atoms with Crippen LogP contribution in [0, 0.1) is 0 Å². The molecule has 0 saturated carbocycles. The van der Waals surface area contributed by atoms with Gasteiger partial charge < -0.3 is 24.2 Å². The van der Waals surface area contributed by atoms with Gasteiger partial charge in [-0.25, -0.2) is 14.8 Å². The van der Waals surface area contributed by atoms with Crippen molar-refractivity contribution in [3.05, 3.63) is 41.2 Å². The van der Waals surface area contributed by atoms with Crippen molar-refractivity contribution in [2.24, 2.45) is 0 Å². The number of alkyl halides is 3. The maximum Gasteiger partial charge on any atom is 0.416 e. The summed E-state index contributed by atoms with van der Waals surface area (Å²) >= 11 is 0. The van der Waals surface area contributed by atoms with Crippen LogP contribution in [0.15, 0.2) is 24.5 Å². The van der Waals surface area contributed by atoms with Crippen molar-refractivity contribution in [1.82, 2.24) is 14.9 Å². The number of hydrogen-bond acceptors (Lipinski definition) is 7. The monoisotopic (exact) mass is 507 g/mol. The Balaban J connectivity index is 1.57. The van der Waals surface area contributed by atoms with Crippen LogP contribution in [0.1, 0.15) is 44.4 Å². The van der Waals surface area contributed by atoms with Gasteiger partial charge in [0.1, 0.15) is 5.60 Å². The molecule has 3 heterocycles. The summed E-state index contributed by atoms with van der Waals surface area (Å²) in [7, 11) is 0. The fraction of sp³-hybridized carbons (Fsp3) is 0.560. The number of aromatic nitrogens is 2. The van der Waals surface area contributed by atoms with Crippen molar-refractivity contribution in [3.8, 4) is 6.01 Å². The fourth-order valence-electron chi connectivity index (χ4n) is 4.57. The van der Waals surface area contributed by atoms with Crippen molar-refractivity contribution >= 4 is 17.5 Å². The van der Waals surface area contributed by atoms with Gasteiger partial charge in [-0.15, -0.1) is 0 Å². The molecular formula is C25H32F3N5O3. The Morgan fingerprint density at radius 2 is 1.64 bits per heavy atom. The standard InChI is InChI=1S/C25H32F3N5O3/c1-5-35-22-29-14-17(15-30-22)33-9-8-18-19(16-33)21(7-6-20(18)25(26,27)28)31-10-12-32(13-11-31)23(34)36-24(2,3)4/h6-7,14-15H,5,8-13,16H2,1-4H3. The Morgan fingerprint density at radius 1 is 0.972 bits per heavy atom. The van der Waals surface area contributed by atoms with E-state index in [2.05, 4.69) is 14.9 Å². The van der Waals surface area contributed by atoms with Crippen LogP contribution in [0.3, 0.4) is 0 Å². The molecule has 1 saturated heterocycles. The van der Waals surface area contributed by atoms with Gasteiger partial charge in [0.15, 0.2) is 0 Å². The second-order valence-electron chi connectivity index (χ2n) is 9.87. The molecule has 0 spiro atoms. The lowest BCUT2D eigenvalue weighted by molar-refractivity contribution is -0.138. The minimum atomic E-state index is -4.43. The summed E-state index contributed by atoms with van der Waals surface area (Å²) in [6.45, 7) is 10.3. The Labute approximate surface area is 209 Å². The lowest BCUT2D eigenvalue weighted by Gasteiger charge is -2.40. The maximum absolute atomic E-state index is 13.8. The van der Waals surface area contributed by atoms with E-state index in [-0.39, 0.29) is 18.5 Å². The predicted molar refractivity (Wildman–Crippen MR) is 129 cm³/mol. The van der Waals surface area contributed by atoms with Crippen molar-refractivity contribution < 1.29 is 27.4 Å². The number of halogens is 3. The van der Waals surface area contributed by atoms with Gasteiger partial charge in [0.05, 0.1) is 30.3 Å². The van der Waals surface area contributed by atoms with E-state index in [0.29, 0.717) is 57.0 Å². The Bertz CT molecular complexity index is 1080. The molecule has 0 unspecified atom stereocenters. The highest BCUT2D eigenvalue weighted by Crippen LogP contribution is 2.40. The Kier molecular flexibility index (Phi) is 7.19. The average Bonchev–Trinajstić information content (AvgIpc) is 2.82. The van der Waals surface area contributed by atoms with Gasteiger partial charge in [0, 0.05) is 45.0 Å². The molecule has 0 atom stereocenters. The molecule has 4 rings (SSSR count). The first-order valence-corrected chi connectivity index (χ1v) is 12.1. The zero-order valence-electron chi connectivity index (χ0n) is 21.1. The number of benzene rings is 1. The minimum absolute atomic E-state index is 0.253. The number of hydrogen-bond donors (Lipinski definition) is 0. The molecule has 0 radical (unpaired) electrons. The number of ether oxygens (including phenoxy) is 2. The highest BCUT2D eigenvalue weighted by molar-refractivity contribution is 5.69. The number of anilines is 2. The predicted octanol–water partition coefficient (Wildman–Crippen LogP) is 4.51. The lowest BCUT2D eigenvalue weighted by Crippen LogP contribution is -2.50. The molecule has 36 heavy (non-hydrogen) atoms. The van der Waals surface area contributed by atoms with Crippen molar-refractivity contribution in [2.45, 2.75) is 52.4 Å². The first kappa shape index (κ1) is 25.8. The van der Waals surface area contributed by atoms with Crippen LogP contribution in [0.5, 0.6) is 6.01 Å². The summed E-state index contributed by atoms with van der Waals surface area (Å²) in [5, 5.41) is 0. The number of nitrogens with zero attached hydrogens (tertiary/aromatic N) is 5. The first-order valence-electron chi connectivity index (χ1n) is 12.1. The van der Waals surface area contributed by atoms with Crippen molar-refractivity contribution in [3.63, 3.8) is 0 Å². The fourth-order valence-corrected chi connectivity index (χ4v) is 4.57. The van der Waals surface area contributed by atoms with Gasteiger partial charge in [-0.1, -0.05) is 0 Å². The van der Waals surface area contributed by atoms with Crippen LogP contribution < -0.4 is 14.5 Å². The summed E-state index contributed by atoms with van der Waals surface area (Å²) in [4.78, 5) is 26.5. The number of fused-ring (bicyclic) bond motifs is 1. The van der Waals surface area contributed by atoms with Crippen LogP contribution in [0.4, 0.5) is 29.3 Å². The highest BCUT2D eigenvalue weighted by atomic mass is 19.4. The van der Waals surface area contributed by atoms with E-state index in [9.17, 15) is 18.0 Å². The normalized spacial score (nSPS) is 16.6. The van der Waals surface area contributed by atoms with Crippen LogP contribution in [-0.2, 0) is 23.9 Å². The largest absolute Gasteiger partial charge is 0.464 e. The molecule has 0 N–H and O–H groups in total. The van der Waals surface area contributed by atoms with E-state index in [4.69, 9.17) is 9.47 Å². The zero-order chi connectivity index (χ0) is 26.1. The molecule has 2 aliphatic heterocycles. The van der Waals surface area contributed by atoms with Gasteiger partial charge in [0.2, 0.25) is 0 Å². The van der Waals surface area contributed by atoms with E-state index in [1.165, 1.54) is 6.07 Å². The first-order chi connectivity index (χ1) is 17.0. The second-order valence-corrected chi connectivity index (χ2v) is 9.87. The SMILES string of the molecule is CCOc1ncc(N2CCc3c(C(F)(F)F)ccc(N4CCN(C(=O)OC(C)(C)C)CC4)c3C2)cn1. The van der Waals surface area contributed by atoms with Crippen LogP contribution in [0.2, 0.25) is 0 Å². The summed E-state index contributed by atoms with van der Waals surface area (Å²) < 4.78 is 52.3. The summed E-state index contributed by atoms with van der Waals surface area (Å²) in [6, 6.07) is 3.01. The molecule has 1 fully saturated rings. The number of carbonyl (C=O) groups excluding carboxylic acids is 1. The zero-order valence-corrected chi connectivity index (χ0v) is 21.1. The number of amides is 1. The number of carbonyl (C=O) groups is 1. The molecule has 0 bridgehead atoms. The van der Waals surface area contributed by atoms with E-state index in [1.807, 2.05) is 32.6 Å². The molecule has 0 aliphatic carbocycles. The van der Waals surface area contributed by atoms with Gasteiger partial charge in [0.25, 0.3) is 0 Å². The molecule has 1 amide bonds. The minimum Gasteiger partial charge on any atom is -0.464 e. The van der Waals surface area contributed by atoms with Crippen molar-refractivity contribution in [2.75, 3.05) is 49.1 Å². The molecule has 1 aromatic carbocycles. The second kappa shape index (κ2) is 10.0. The molecule has 1 aromatic heterocycles. The highest BCUT2D eigenvalue weighted by Gasteiger charge is 2.37. The summed E-state index contributed by atoms with van der Waals surface area (Å²) in [5.41, 5.74) is 1.29. The van der Waals surface area contributed by atoms with E-state index >= 15 is 0 Å². The van der Waals surface area contributed by atoms with Gasteiger partial charge >= 0.3 is 18.3 Å². The maximum atomic E-state index is 13.8.